The van der Waals surface area contributed by atoms with E-state index in [-0.39, 0.29) is 17.4 Å². The van der Waals surface area contributed by atoms with Crippen molar-refractivity contribution in [2.75, 3.05) is 26.0 Å². The van der Waals surface area contributed by atoms with Crippen LogP contribution in [-0.2, 0) is 0 Å². The van der Waals surface area contributed by atoms with Crippen molar-refractivity contribution in [3.63, 3.8) is 0 Å². The summed E-state index contributed by atoms with van der Waals surface area (Å²) in [7, 11) is 3.89. The predicted molar refractivity (Wildman–Crippen MR) is 76.0 cm³/mol. The Morgan fingerprint density at radius 2 is 1.90 bits per heavy atom. The molecule has 0 aliphatic heterocycles. The summed E-state index contributed by atoms with van der Waals surface area (Å²) in [5.41, 5.74) is -0.272. The van der Waals surface area contributed by atoms with Crippen LogP contribution in [0.1, 0.15) is 13.3 Å². The lowest BCUT2D eigenvalue weighted by Crippen LogP contribution is -2.23. The number of nitro benzene ring substituents is 2. The third kappa shape index (κ3) is 4.47. The van der Waals surface area contributed by atoms with Gasteiger partial charge < -0.3 is 10.2 Å². The molecule has 0 aromatic heterocycles. The van der Waals surface area contributed by atoms with Gasteiger partial charge in [-0.25, -0.2) is 0 Å². The van der Waals surface area contributed by atoms with Crippen LogP contribution in [0.15, 0.2) is 18.2 Å². The van der Waals surface area contributed by atoms with Gasteiger partial charge in [0.2, 0.25) is 0 Å². The van der Waals surface area contributed by atoms with Crippen LogP contribution >= 0.6 is 0 Å². The van der Waals surface area contributed by atoms with E-state index in [2.05, 4.69) is 5.32 Å². The molecule has 0 aliphatic carbocycles. The van der Waals surface area contributed by atoms with E-state index in [1.165, 1.54) is 12.1 Å². The number of nitrogens with zero attached hydrogens (tertiary/aromatic N) is 3. The van der Waals surface area contributed by atoms with Crippen molar-refractivity contribution in [3.05, 3.63) is 38.4 Å². The van der Waals surface area contributed by atoms with Crippen LogP contribution in [0.2, 0.25) is 0 Å². The number of hydrogen-bond donors (Lipinski definition) is 1. The van der Waals surface area contributed by atoms with Gasteiger partial charge in [-0.1, -0.05) is 0 Å². The zero-order valence-corrected chi connectivity index (χ0v) is 11.7. The summed E-state index contributed by atoms with van der Waals surface area (Å²) in [6, 6.07) is 3.63. The molecule has 0 saturated heterocycles. The zero-order valence-electron chi connectivity index (χ0n) is 11.7. The van der Waals surface area contributed by atoms with Gasteiger partial charge in [0.1, 0.15) is 5.69 Å². The zero-order chi connectivity index (χ0) is 15.3. The van der Waals surface area contributed by atoms with Crippen molar-refractivity contribution >= 4 is 17.1 Å². The molecule has 1 N–H and O–H groups in total. The number of hydrogen-bond acceptors (Lipinski definition) is 6. The van der Waals surface area contributed by atoms with Gasteiger partial charge >= 0.3 is 0 Å². The van der Waals surface area contributed by atoms with Crippen molar-refractivity contribution in [1.82, 2.24) is 4.90 Å². The molecule has 1 unspecified atom stereocenters. The standard InChI is InChI=1S/C12H18N4O4/c1-9(6-7-14(2)3)13-11-5-4-10(15(17)18)8-12(11)16(19)20/h4-5,8-9,13H,6-7H2,1-3H3. The van der Waals surface area contributed by atoms with Gasteiger partial charge in [0, 0.05) is 12.1 Å². The van der Waals surface area contributed by atoms with E-state index in [9.17, 15) is 20.2 Å². The Labute approximate surface area is 116 Å². The normalized spacial score (nSPS) is 12.2. The Balaban J connectivity index is 2.89. The second-order valence-corrected chi connectivity index (χ2v) is 4.85. The van der Waals surface area contributed by atoms with Crippen LogP contribution in [0.25, 0.3) is 0 Å². The number of nitro groups is 2. The van der Waals surface area contributed by atoms with Crippen LogP contribution in [0, 0.1) is 20.2 Å². The topological polar surface area (TPSA) is 102 Å². The summed E-state index contributed by atoms with van der Waals surface area (Å²) < 4.78 is 0. The molecular weight excluding hydrogens is 264 g/mol. The maximum absolute atomic E-state index is 11.0. The SMILES string of the molecule is CC(CCN(C)C)Nc1ccc([N+](=O)[O-])cc1[N+](=O)[O-]. The van der Waals surface area contributed by atoms with E-state index in [4.69, 9.17) is 0 Å². The van der Waals surface area contributed by atoms with Crippen molar-refractivity contribution in [2.45, 2.75) is 19.4 Å². The first kappa shape index (κ1) is 15.8. The van der Waals surface area contributed by atoms with E-state index >= 15 is 0 Å². The molecule has 0 amide bonds. The number of anilines is 1. The number of rotatable bonds is 7. The van der Waals surface area contributed by atoms with Gasteiger partial charge in [-0.2, -0.15) is 0 Å². The molecule has 0 bridgehead atoms. The summed E-state index contributed by atoms with van der Waals surface area (Å²) in [5, 5.41) is 24.6. The predicted octanol–water partition coefficient (Wildman–Crippen LogP) is 2.26. The van der Waals surface area contributed by atoms with Crippen molar-refractivity contribution < 1.29 is 9.85 Å². The number of nitrogens with one attached hydrogen (secondary N) is 1. The molecule has 0 spiro atoms. The highest BCUT2D eigenvalue weighted by molar-refractivity contribution is 5.65. The third-order valence-electron chi connectivity index (χ3n) is 2.80. The smallest absolute Gasteiger partial charge is 0.299 e. The maximum Gasteiger partial charge on any atom is 0.299 e. The highest BCUT2D eigenvalue weighted by Crippen LogP contribution is 2.29. The summed E-state index contributed by atoms with van der Waals surface area (Å²) in [5.74, 6) is 0. The lowest BCUT2D eigenvalue weighted by molar-refractivity contribution is -0.393. The fourth-order valence-electron chi connectivity index (χ4n) is 1.70. The van der Waals surface area contributed by atoms with Crippen LogP contribution in [-0.4, -0.2) is 41.4 Å². The fourth-order valence-corrected chi connectivity index (χ4v) is 1.70. The molecule has 0 fully saturated rings. The molecule has 8 nitrogen and oxygen atoms in total. The Bertz CT molecular complexity index is 504. The van der Waals surface area contributed by atoms with Crippen molar-refractivity contribution in [3.8, 4) is 0 Å². The summed E-state index contributed by atoms with van der Waals surface area (Å²) in [6.45, 7) is 2.75. The molecule has 110 valence electrons. The average molecular weight is 282 g/mol. The van der Waals surface area contributed by atoms with Crippen LogP contribution < -0.4 is 5.32 Å². The van der Waals surface area contributed by atoms with Gasteiger partial charge in [-0.3, -0.25) is 20.2 Å². The molecule has 0 radical (unpaired) electrons. The highest BCUT2D eigenvalue weighted by atomic mass is 16.6. The largest absolute Gasteiger partial charge is 0.377 e. The second kappa shape index (κ2) is 6.80. The highest BCUT2D eigenvalue weighted by Gasteiger charge is 2.20. The molecule has 8 heteroatoms. The molecule has 0 heterocycles. The Kier molecular flexibility index (Phi) is 5.39. The van der Waals surface area contributed by atoms with Crippen molar-refractivity contribution in [1.29, 1.82) is 0 Å². The van der Waals surface area contributed by atoms with E-state index in [0.29, 0.717) is 5.69 Å². The minimum absolute atomic E-state index is 0.0255. The van der Waals surface area contributed by atoms with E-state index < -0.39 is 9.85 Å². The van der Waals surface area contributed by atoms with Gasteiger partial charge in [-0.05, 0) is 40.1 Å². The summed E-state index contributed by atoms with van der Waals surface area (Å²) >= 11 is 0. The Morgan fingerprint density at radius 3 is 2.40 bits per heavy atom. The second-order valence-electron chi connectivity index (χ2n) is 4.85. The number of non-ortho nitro benzene ring substituents is 1. The first-order chi connectivity index (χ1) is 9.31. The fraction of sp³-hybridized carbons (Fsp3) is 0.500. The van der Waals surface area contributed by atoms with Gasteiger partial charge in [0.25, 0.3) is 11.4 Å². The minimum atomic E-state index is -0.647. The Morgan fingerprint density at radius 1 is 1.25 bits per heavy atom. The molecule has 20 heavy (non-hydrogen) atoms. The lowest BCUT2D eigenvalue weighted by atomic mass is 10.2. The van der Waals surface area contributed by atoms with E-state index in [0.717, 1.165) is 19.0 Å². The molecule has 1 rings (SSSR count). The molecule has 0 aliphatic rings. The summed E-state index contributed by atoms with van der Waals surface area (Å²) in [6.07, 6.45) is 0.807. The minimum Gasteiger partial charge on any atom is -0.377 e. The lowest BCUT2D eigenvalue weighted by Gasteiger charge is -2.17. The molecule has 1 atom stereocenters. The molecular formula is C12H18N4O4. The Hall–Kier alpha value is -2.22. The monoisotopic (exact) mass is 282 g/mol. The van der Waals surface area contributed by atoms with Crippen LogP contribution in [0.4, 0.5) is 17.1 Å². The van der Waals surface area contributed by atoms with Gasteiger partial charge in [0.05, 0.1) is 15.9 Å². The van der Waals surface area contributed by atoms with E-state index in [1.54, 1.807) is 0 Å². The van der Waals surface area contributed by atoms with Gasteiger partial charge in [0.15, 0.2) is 0 Å². The van der Waals surface area contributed by atoms with Gasteiger partial charge in [-0.15, -0.1) is 0 Å². The first-order valence-electron chi connectivity index (χ1n) is 6.15. The van der Waals surface area contributed by atoms with Crippen molar-refractivity contribution in [2.24, 2.45) is 0 Å². The maximum atomic E-state index is 11.0. The molecule has 1 aromatic rings. The quantitative estimate of drug-likeness (QED) is 0.608. The third-order valence-corrected chi connectivity index (χ3v) is 2.80. The van der Waals surface area contributed by atoms with Crippen LogP contribution in [0.3, 0.4) is 0 Å². The molecule has 0 saturated carbocycles. The first-order valence-corrected chi connectivity index (χ1v) is 6.15. The number of benzene rings is 1. The van der Waals surface area contributed by atoms with Crippen LogP contribution in [0.5, 0.6) is 0 Å². The summed E-state index contributed by atoms with van der Waals surface area (Å²) in [4.78, 5) is 22.4. The molecule has 1 aromatic carbocycles. The van der Waals surface area contributed by atoms with E-state index in [1.807, 2.05) is 25.9 Å². The average Bonchev–Trinajstić information content (AvgIpc) is 2.36.